The highest BCUT2D eigenvalue weighted by atomic mass is 79.9. The van der Waals surface area contributed by atoms with E-state index in [0.717, 1.165) is 10.0 Å². The summed E-state index contributed by atoms with van der Waals surface area (Å²) >= 11 is 9.43. The van der Waals surface area contributed by atoms with E-state index >= 15 is 0 Å². The van der Waals surface area contributed by atoms with Gasteiger partial charge in [-0.05, 0) is 34.1 Å². The van der Waals surface area contributed by atoms with Crippen LogP contribution in [0.3, 0.4) is 0 Å². The summed E-state index contributed by atoms with van der Waals surface area (Å²) in [7, 11) is 0. The minimum atomic E-state index is 0.481. The summed E-state index contributed by atoms with van der Waals surface area (Å²) in [6.45, 7) is 0. The molecule has 3 aromatic rings. The number of halogens is 2. The fraction of sp³-hybridized carbons (Fsp3) is 0. The monoisotopic (exact) mass is 322 g/mol. The molecule has 5 heteroatoms. The molecule has 0 aliphatic heterocycles. The maximum atomic E-state index is 5.96. The molecule has 0 atom stereocenters. The van der Waals surface area contributed by atoms with Crippen molar-refractivity contribution in [1.82, 2.24) is 4.98 Å². The number of nitrogen functional groups attached to an aromatic ring is 1. The number of anilines is 1. The molecule has 0 unspecified atom stereocenters. The molecular weight excluding hydrogens is 316 g/mol. The molecule has 0 amide bonds. The van der Waals surface area contributed by atoms with Gasteiger partial charge in [0.1, 0.15) is 5.52 Å². The van der Waals surface area contributed by atoms with Crippen LogP contribution in [0, 0.1) is 0 Å². The Morgan fingerprint density at radius 1 is 1.22 bits per heavy atom. The predicted molar refractivity (Wildman–Crippen MR) is 76.6 cm³/mol. The lowest BCUT2D eigenvalue weighted by Crippen LogP contribution is -1.84. The molecule has 0 spiro atoms. The first-order valence-corrected chi connectivity index (χ1v) is 6.43. The Balaban J connectivity index is 2.23. The van der Waals surface area contributed by atoms with Crippen molar-refractivity contribution in [3.8, 4) is 11.5 Å². The highest BCUT2D eigenvalue weighted by Gasteiger charge is 2.12. The van der Waals surface area contributed by atoms with Gasteiger partial charge >= 0.3 is 0 Å². The van der Waals surface area contributed by atoms with Gasteiger partial charge in [0.25, 0.3) is 0 Å². The lowest BCUT2D eigenvalue weighted by molar-refractivity contribution is 0.619. The highest BCUT2D eigenvalue weighted by Crippen LogP contribution is 2.32. The van der Waals surface area contributed by atoms with Crippen LogP contribution in [0.15, 0.2) is 45.3 Å². The largest absolute Gasteiger partial charge is 0.436 e. The van der Waals surface area contributed by atoms with Gasteiger partial charge in [0.2, 0.25) is 5.89 Å². The molecule has 1 heterocycles. The van der Waals surface area contributed by atoms with Crippen molar-refractivity contribution in [2.24, 2.45) is 0 Å². The maximum absolute atomic E-state index is 5.96. The zero-order valence-corrected chi connectivity index (χ0v) is 11.5. The van der Waals surface area contributed by atoms with Gasteiger partial charge in [0, 0.05) is 10.5 Å². The summed E-state index contributed by atoms with van der Waals surface area (Å²) in [5.74, 6) is 0.541. The van der Waals surface area contributed by atoms with E-state index < -0.39 is 0 Å². The van der Waals surface area contributed by atoms with Crippen LogP contribution in [0.2, 0.25) is 5.02 Å². The van der Waals surface area contributed by atoms with Crippen molar-refractivity contribution in [1.29, 1.82) is 0 Å². The molecule has 18 heavy (non-hydrogen) atoms. The topological polar surface area (TPSA) is 52.0 Å². The van der Waals surface area contributed by atoms with Gasteiger partial charge in [-0.1, -0.05) is 23.7 Å². The van der Waals surface area contributed by atoms with E-state index in [9.17, 15) is 0 Å². The molecule has 0 saturated heterocycles. The minimum Gasteiger partial charge on any atom is -0.436 e. The Morgan fingerprint density at radius 2 is 2.00 bits per heavy atom. The number of nitrogens with zero attached hydrogens (tertiary/aromatic N) is 1. The maximum Gasteiger partial charge on any atom is 0.228 e. The third-order valence-corrected chi connectivity index (χ3v) is 3.63. The van der Waals surface area contributed by atoms with Crippen molar-refractivity contribution in [3.05, 3.63) is 45.9 Å². The number of fused-ring (bicyclic) bond motifs is 1. The molecule has 1 aromatic heterocycles. The second kappa shape index (κ2) is 4.30. The van der Waals surface area contributed by atoms with Crippen molar-refractivity contribution in [2.45, 2.75) is 0 Å². The Kier molecular flexibility index (Phi) is 2.76. The summed E-state index contributed by atoms with van der Waals surface area (Å²) in [4.78, 5) is 4.41. The summed E-state index contributed by atoms with van der Waals surface area (Å²) < 4.78 is 6.62. The number of oxazole rings is 1. The third kappa shape index (κ3) is 1.87. The Hall–Kier alpha value is -1.52. The van der Waals surface area contributed by atoms with Gasteiger partial charge in [-0.25, -0.2) is 4.98 Å². The van der Waals surface area contributed by atoms with E-state index in [-0.39, 0.29) is 0 Å². The lowest BCUT2D eigenvalue weighted by Gasteiger charge is -1.97. The van der Waals surface area contributed by atoms with Crippen molar-refractivity contribution in [2.75, 3.05) is 5.73 Å². The fourth-order valence-electron chi connectivity index (χ4n) is 1.71. The van der Waals surface area contributed by atoms with Gasteiger partial charge in [0.05, 0.1) is 16.3 Å². The van der Waals surface area contributed by atoms with E-state index in [1.807, 2.05) is 24.3 Å². The van der Waals surface area contributed by atoms with Gasteiger partial charge < -0.3 is 10.2 Å². The molecule has 0 saturated carbocycles. The summed E-state index contributed by atoms with van der Waals surface area (Å²) in [5, 5.41) is 0.481. The van der Waals surface area contributed by atoms with Crippen LogP contribution in [-0.4, -0.2) is 4.98 Å². The molecule has 2 N–H and O–H groups in total. The standard InChI is InChI=1S/C13H8BrClN2O/c14-8-4-2-1-3-7(8)13-17-11-5-9(15)10(16)6-12(11)18-13/h1-6H,16H2. The molecule has 3 rings (SSSR count). The quantitative estimate of drug-likeness (QED) is 0.671. The van der Waals surface area contributed by atoms with Crippen molar-refractivity contribution < 1.29 is 4.42 Å². The van der Waals surface area contributed by atoms with Crippen LogP contribution in [0.4, 0.5) is 5.69 Å². The fourth-order valence-corrected chi connectivity index (χ4v) is 2.33. The van der Waals surface area contributed by atoms with E-state index in [1.54, 1.807) is 12.1 Å². The number of hydrogen-bond acceptors (Lipinski definition) is 3. The van der Waals surface area contributed by atoms with Crippen LogP contribution < -0.4 is 5.73 Å². The van der Waals surface area contributed by atoms with Crippen LogP contribution in [0.25, 0.3) is 22.6 Å². The van der Waals surface area contributed by atoms with Gasteiger partial charge in [-0.15, -0.1) is 0 Å². The number of nitrogens with two attached hydrogens (primary N) is 1. The van der Waals surface area contributed by atoms with E-state index in [0.29, 0.717) is 27.7 Å². The van der Waals surface area contributed by atoms with Crippen molar-refractivity contribution >= 4 is 44.3 Å². The number of aromatic nitrogens is 1. The van der Waals surface area contributed by atoms with Crippen LogP contribution >= 0.6 is 27.5 Å². The lowest BCUT2D eigenvalue weighted by atomic mass is 10.2. The second-order valence-corrected chi connectivity index (χ2v) is 5.10. The average Bonchev–Trinajstić information content (AvgIpc) is 2.73. The molecule has 0 fully saturated rings. The van der Waals surface area contributed by atoms with Crippen LogP contribution in [0.5, 0.6) is 0 Å². The normalized spacial score (nSPS) is 11.0. The van der Waals surface area contributed by atoms with Gasteiger partial charge in [-0.2, -0.15) is 0 Å². The average molecular weight is 324 g/mol. The summed E-state index contributed by atoms with van der Waals surface area (Å²) in [6, 6.07) is 11.1. The van der Waals surface area contributed by atoms with Crippen LogP contribution in [0.1, 0.15) is 0 Å². The Morgan fingerprint density at radius 3 is 2.78 bits per heavy atom. The molecule has 0 bridgehead atoms. The molecule has 2 aromatic carbocycles. The molecule has 3 nitrogen and oxygen atoms in total. The minimum absolute atomic E-state index is 0.481. The highest BCUT2D eigenvalue weighted by molar-refractivity contribution is 9.10. The van der Waals surface area contributed by atoms with Crippen molar-refractivity contribution in [3.63, 3.8) is 0 Å². The zero-order valence-electron chi connectivity index (χ0n) is 9.15. The summed E-state index contributed by atoms with van der Waals surface area (Å²) in [5.41, 5.74) is 8.43. The number of hydrogen-bond donors (Lipinski definition) is 1. The SMILES string of the molecule is Nc1cc2oc(-c3ccccc3Br)nc2cc1Cl. The number of rotatable bonds is 1. The third-order valence-electron chi connectivity index (χ3n) is 2.61. The van der Waals surface area contributed by atoms with E-state index in [1.165, 1.54) is 0 Å². The zero-order chi connectivity index (χ0) is 12.7. The first-order chi connectivity index (χ1) is 8.65. The first-order valence-electron chi connectivity index (χ1n) is 5.25. The number of benzene rings is 2. The molecular formula is C13H8BrClN2O. The van der Waals surface area contributed by atoms with E-state index in [2.05, 4.69) is 20.9 Å². The first kappa shape index (κ1) is 11.6. The molecule has 90 valence electrons. The molecule has 0 aliphatic rings. The predicted octanol–water partition coefficient (Wildman–Crippen LogP) is 4.49. The second-order valence-electron chi connectivity index (χ2n) is 3.84. The Bertz CT molecular complexity index is 700. The Labute approximate surface area is 117 Å². The van der Waals surface area contributed by atoms with Crippen LogP contribution in [-0.2, 0) is 0 Å². The smallest absolute Gasteiger partial charge is 0.228 e. The van der Waals surface area contributed by atoms with Gasteiger partial charge in [-0.3, -0.25) is 0 Å². The molecule has 0 aliphatic carbocycles. The molecule has 0 radical (unpaired) electrons. The summed E-state index contributed by atoms with van der Waals surface area (Å²) in [6.07, 6.45) is 0. The van der Waals surface area contributed by atoms with E-state index in [4.69, 9.17) is 21.8 Å². The van der Waals surface area contributed by atoms with Gasteiger partial charge in [0.15, 0.2) is 5.58 Å².